The lowest BCUT2D eigenvalue weighted by Crippen LogP contribution is -2.67. The van der Waals surface area contributed by atoms with Crippen LogP contribution >= 0.6 is 0 Å². The second-order valence-corrected chi connectivity index (χ2v) is 9.36. The molecular weight excluding hydrogens is 452 g/mol. The Hall–Kier alpha value is -2.80. The van der Waals surface area contributed by atoms with Gasteiger partial charge in [0.2, 0.25) is 5.79 Å². The van der Waals surface area contributed by atoms with Gasteiger partial charge in [0, 0.05) is 6.42 Å². The van der Waals surface area contributed by atoms with E-state index in [0.717, 1.165) is 16.7 Å². The first-order chi connectivity index (χ1) is 17.7. The molecule has 0 saturated carbocycles. The van der Waals surface area contributed by atoms with Crippen LogP contribution in [0.3, 0.4) is 0 Å². The zero-order chi connectivity index (χ0) is 24.6. The predicted octanol–water partition coefficient (Wildman–Crippen LogP) is 5.83. The van der Waals surface area contributed by atoms with Crippen molar-refractivity contribution >= 4 is 0 Å². The van der Waals surface area contributed by atoms with Crippen molar-refractivity contribution < 1.29 is 23.7 Å². The van der Waals surface area contributed by atoms with Crippen molar-refractivity contribution in [1.29, 1.82) is 0 Å². The van der Waals surface area contributed by atoms with Gasteiger partial charge in [0.05, 0.1) is 32.5 Å². The molecule has 5 rings (SSSR count). The molecule has 188 valence electrons. The van der Waals surface area contributed by atoms with E-state index >= 15 is 0 Å². The third-order valence-corrected chi connectivity index (χ3v) is 6.74. The topological polar surface area (TPSA) is 46.2 Å². The van der Waals surface area contributed by atoms with E-state index in [1.165, 1.54) is 0 Å². The molecule has 5 atom stereocenters. The standard InChI is InChI=1S/C31H34O5/c1-24-28(32-21-25-13-5-2-6-14-25)29(33-22-26-15-7-3-8-16-26)30(31(36-24)19-11-12-20-35-31)34-23-27-17-9-4-10-18-27/h2-18,24,28-30H,19-23H2,1H3/t24-,28+,29+,30-,31+/m0/s1. The minimum atomic E-state index is -0.934. The monoisotopic (exact) mass is 486 g/mol. The molecule has 0 unspecified atom stereocenters. The number of hydrogen-bond donors (Lipinski definition) is 0. The largest absolute Gasteiger partial charge is 0.368 e. The van der Waals surface area contributed by atoms with Gasteiger partial charge in [0.15, 0.2) is 0 Å². The SMILES string of the molecule is C[C@@H]1O[C@]2(CC=CCO2)[C@@H](OCc2ccccc2)[C@H](OCc2ccccc2)[C@@H]1OCc1ccccc1. The highest BCUT2D eigenvalue weighted by Gasteiger charge is 2.56. The molecule has 3 aromatic carbocycles. The second kappa shape index (κ2) is 12.0. The maximum atomic E-state index is 6.63. The predicted molar refractivity (Wildman–Crippen MR) is 138 cm³/mol. The van der Waals surface area contributed by atoms with E-state index in [-0.39, 0.29) is 12.2 Å². The van der Waals surface area contributed by atoms with Crippen LogP contribution in [0.2, 0.25) is 0 Å². The molecule has 0 aliphatic carbocycles. The van der Waals surface area contributed by atoms with Crippen molar-refractivity contribution in [2.24, 2.45) is 0 Å². The Morgan fingerprint density at radius 3 is 1.67 bits per heavy atom. The Labute approximate surface area is 213 Å². The molecule has 5 heteroatoms. The first-order valence-corrected chi connectivity index (χ1v) is 12.7. The summed E-state index contributed by atoms with van der Waals surface area (Å²) in [5, 5.41) is 0. The van der Waals surface area contributed by atoms with E-state index < -0.39 is 18.0 Å². The first kappa shape index (κ1) is 24.9. The van der Waals surface area contributed by atoms with Crippen LogP contribution in [0.5, 0.6) is 0 Å². The summed E-state index contributed by atoms with van der Waals surface area (Å²) in [5.41, 5.74) is 3.28. The summed E-state index contributed by atoms with van der Waals surface area (Å²) in [6, 6.07) is 30.5. The van der Waals surface area contributed by atoms with E-state index in [1.54, 1.807) is 0 Å². The molecule has 2 heterocycles. The third kappa shape index (κ3) is 5.94. The van der Waals surface area contributed by atoms with Crippen LogP contribution in [-0.2, 0) is 43.5 Å². The lowest BCUT2D eigenvalue weighted by atomic mass is 9.89. The Bertz CT molecular complexity index is 1090. The number of hydrogen-bond acceptors (Lipinski definition) is 5. The minimum Gasteiger partial charge on any atom is -0.368 e. The van der Waals surface area contributed by atoms with Crippen molar-refractivity contribution in [2.75, 3.05) is 6.61 Å². The van der Waals surface area contributed by atoms with Gasteiger partial charge in [-0.25, -0.2) is 0 Å². The average molecular weight is 487 g/mol. The fraction of sp³-hybridized carbons (Fsp3) is 0.355. The third-order valence-electron chi connectivity index (χ3n) is 6.74. The molecule has 0 bridgehead atoms. The van der Waals surface area contributed by atoms with Crippen molar-refractivity contribution in [3.63, 3.8) is 0 Å². The van der Waals surface area contributed by atoms with Crippen molar-refractivity contribution in [3.8, 4) is 0 Å². The summed E-state index contributed by atoms with van der Waals surface area (Å²) < 4.78 is 32.6. The summed E-state index contributed by atoms with van der Waals surface area (Å²) in [6.45, 7) is 3.84. The van der Waals surface area contributed by atoms with Crippen molar-refractivity contribution in [1.82, 2.24) is 0 Å². The first-order valence-electron chi connectivity index (χ1n) is 12.7. The molecule has 1 saturated heterocycles. The van der Waals surface area contributed by atoms with Gasteiger partial charge >= 0.3 is 0 Å². The molecule has 3 aromatic rings. The van der Waals surface area contributed by atoms with Crippen LogP contribution in [0.4, 0.5) is 0 Å². The fourth-order valence-corrected chi connectivity index (χ4v) is 4.91. The van der Waals surface area contributed by atoms with Crippen LogP contribution in [0.25, 0.3) is 0 Å². The summed E-state index contributed by atoms with van der Waals surface area (Å²) in [7, 11) is 0. The molecule has 5 nitrogen and oxygen atoms in total. The van der Waals surface area contributed by atoms with Gasteiger partial charge in [0.1, 0.15) is 18.3 Å². The number of ether oxygens (including phenoxy) is 5. The molecule has 0 N–H and O–H groups in total. The lowest BCUT2D eigenvalue weighted by Gasteiger charge is -2.52. The van der Waals surface area contributed by atoms with Gasteiger partial charge in [-0.05, 0) is 23.6 Å². The fourth-order valence-electron chi connectivity index (χ4n) is 4.91. The van der Waals surface area contributed by atoms with Gasteiger partial charge in [-0.1, -0.05) is 103 Å². The van der Waals surface area contributed by atoms with Crippen molar-refractivity contribution in [3.05, 3.63) is 120 Å². The molecule has 1 spiro atoms. The maximum absolute atomic E-state index is 6.63. The smallest absolute Gasteiger partial charge is 0.201 e. The number of rotatable bonds is 9. The van der Waals surface area contributed by atoms with Gasteiger partial charge in [-0.15, -0.1) is 0 Å². The van der Waals surface area contributed by atoms with E-state index in [1.807, 2.05) is 67.6 Å². The van der Waals surface area contributed by atoms with Gasteiger partial charge in [0.25, 0.3) is 0 Å². The zero-order valence-corrected chi connectivity index (χ0v) is 20.7. The molecule has 1 fully saturated rings. The van der Waals surface area contributed by atoms with E-state index in [9.17, 15) is 0 Å². The van der Waals surface area contributed by atoms with E-state index in [2.05, 4.69) is 42.5 Å². The maximum Gasteiger partial charge on any atom is 0.201 e. The van der Waals surface area contributed by atoms with Crippen LogP contribution in [0.15, 0.2) is 103 Å². The molecular formula is C31H34O5. The zero-order valence-electron chi connectivity index (χ0n) is 20.7. The van der Waals surface area contributed by atoms with Crippen LogP contribution in [0, 0.1) is 0 Å². The second-order valence-electron chi connectivity index (χ2n) is 9.36. The lowest BCUT2D eigenvalue weighted by molar-refractivity contribution is -0.375. The highest BCUT2D eigenvalue weighted by Crippen LogP contribution is 2.41. The molecule has 0 amide bonds. The normalized spacial score (nSPS) is 27.8. The summed E-state index contributed by atoms with van der Waals surface area (Å²) in [6.07, 6.45) is 3.25. The summed E-state index contributed by atoms with van der Waals surface area (Å²) in [4.78, 5) is 0. The Balaban J connectivity index is 1.43. The van der Waals surface area contributed by atoms with Crippen LogP contribution in [-0.4, -0.2) is 36.8 Å². The average Bonchev–Trinajstić information content (AvgIpc) is 2.93. The molecule has 0 radical (unpaired) electrons. The highest BCUT2D eigenvalue weighted by atomic mass is 16.7. The highest BCUT2D eigenvalue weighted by molar-refractivity contribution is 5.16. The van der Waals surface area contributed by atoms with Gasteiger partial charge < -0.3 is 23.7 Å². The van der Waals surface area contributed by atoms with Gasteiger partial charge in [-0.2, -0.15) is 0 Å². The van der Waals surface area contributed by atoms with Crippen molar-refractivity contribution in [2.45, 2.75) is 63.4 Å². The molecule has 2 aliphatic rings. The van der Waals surface area contributed by atoms with E-state index in [0.29, 0.717) is 32.8 Å². The van der Waals surface area contributed by atoms with E-state index in [4.69, 9.17) is 23.7 Å². The summed E-state index contributed by atoms with van der Waals surface area (Å²) in [5.74, 6) is -0.934. The molecule has 0 aromatic heterocycles. The van der Waals surface area contributed by atoms with Gasteiger partial charge in [-0.3, -0.25) is 0 Å². The number of benzene rings is 3. The molecule has 36 heavy (non-hydrogen) atoms. The Morgan fingerprint density at radius 2 is 1.17 bits per heavy atom. The minimum absolute atomic E-state index is 0.252. The molecule has 2 aliphatic heterocycles. The van der Waals surface area contributed by atoms with Crippen LogP contribution < -0.4 is 0 Å². The Morgan fingerprint density at radius 1 is 0.667 bits per heavy atom. The Kier molecular flexibility index (Phi) is 8.26. The van der Waals surface area contributed by atoms with Crippen LogP contribution in [0.1, 0.15) is 30.0 Å². The quantitative estimate of drug-likeness (QED) is 0.356. The summed E-state index contributed by atoms with van der Waals surface area (Å²) >= 11 is 0.